The van der Waals surface area contributed by atoms with E-state index in [9.17, 15) is 9.59 Å². The molecule has 1 atom stereocenters. The Labute approximate surface area is 167 Å². The second-order valence-electron chi connectivity index (χ2n) is 7.39. The van der Waals surface area contributed by atoms with Crippen LogP contribution in [0, 0.1) is 0 Å². The van der Waals surface area contributed by atoms with Crippen molar-refractivity contribution >= 4 is 39.2 Å². The highest BCUT2D eigenvalue weighted by molar-refractivity contribution is 8.00. The van der Waals surface area contributed by atoms with E-state index in [2.05, 4.69) is 11.9 Å². The molecule has 1 N–H and O–H groups in total. The minimum atomic E-state index is -0.288. The summed E-state index contributed by atoms with van der Waals surface area (Å²) in [6.45, 7) is 6.08. The van der Waals surface area contributed by atoms with E-state index in [1.54, 1.807) is 22.0 Å². The molecule has 7 heteroatoms. The Kier molecular flexibility index (Phi) is 5.41. The molecule has 27 heavy (non-hydrogen) atoms. The molecule has 1 fully saturated rings. The molecule has 0 saturated heterocycles. The van der Waals surface area contributed by atoms with Gasteiger partial charge in [0.25, 0.3) is 5.56 Å². The Hall–Kier alpha value is -1.60. The first kappa shape index (κ1) is 18.7. The normalized spacial score (nSPS) is 18.0. The van der Waals surface area contributed by atoms with E-state index in [0.717, 1.165) is 42.3 Å². The van der Waals surface area contributed by atoms with Gasteiger partial charge in [0.1, 0.15) is 4.83 Å². The number of thioether (sulfide) groups is 1. The SMILES string of the molecule is C=CCn1c(S[C@H](C)C(=O)NC2CC2)nc2sc3c(c2c1=O)CCCCC3. The molecule has 1 saturated carbocycles. The average molecular weight is 404 g/mol. The van der Waals surface area contributed by atoms with E-state index >= 15 is 0 Å². The highest BCUT2D eigenvalue weighted by Gasteiger charge is 2.27. The summed E-state index contributed by atoms with van der Waals surface area (Å²) in [5.74, 6) is 0.0176. The van der Waals surface area contributed by atoms with Crippen molar-refractivity contribution in [3.05, 3.63) is 33.4 Å². The monoisotopic (exact) mass is 403 g/mol. The minimum Gasteiger partial charge on any atom is -0.352 e. The van der Waals surface area contributed by atoms with Gasteiger partial charge < -0.3 is 5.32 Å². The van der Waals surface area contributed by atoms with Crippen LogP contribution < -0.4 is 10.9 Å². The lowest BCUT2D eigenvalue weighted by molar-refractivity contribution is -0.120. The summed E-state index contributed by atoms with van der Waals surface area (Å²) in [5.41, 5.74) is 1.22. The zero-order valence-corrected chi connectivity index (χ0v) is 17.3. The van der Waals surface area contributed by atoms with Gasteiger partial charge in [-0.1, -0.05) is 24.3 Å². The number of amides is 1. The lowest BCUT2D eigenvalue weighted by Gasteiger charge is -2.15. The summed E-state index contributed by atoms with van der Waals surface area (Å²) in [6, 6.07) is 0.333. The minimum absolute atomic E-state index is 0.0107. The molecular weight excluding hydrogens is 378 g/mol. The van der Waals surface area contributed by atoms with E-state index in [1.165, 1.54) is 35.0 Å². The van der Waals surface area contributed by atoms with Crippen molar-refractivity contribution in [3.8, 4) is 0 Å². The number of hydrogen-bond donors (Lipinski definition) is 1. The summed E-state index contributed by atoms with van der Waals surface area (Å²) >= 11 is 3.03. The highest BCUT2D eigenvalue weighted by atomic mass is 32.2. The van der Waals surface area contributed by atoms with Gasteiger partial charge in [-0.3, -0.25) is 14.2 Å². The molecule has 0 radical (unpaired) electrons. The van der Waals surface area contributed by atoms with Crippen molar-refractivity contribution in [2.75, 3.05) is 0 Å². The van der Waals surface area contributed by atoms with Crippen molar-refractivity contribution in [2.45, 2.75) is 74.9 Å². The topological polar surface area (TPSA) is 64.0 Å². The molecule has 0 aromatic carbocycles. The number of nitrogens with one attached hydrogen (secondary N) is 1. The largest absolute Gasteiger partial charge is 0.352 e. The average Bonchev–Trinajstić information content (AvgIpc) is 3.42. The molecular formula is C20H25N3O2S2. The van der Waals surface area contributed by atoms with Gasteiger partial charge in [0.2, 0.25) is 5.91 Å². The van der Waals surface area contributed by atoms with Gasteiger partial charge in [-0.2, -0.15) is 0 Å². The summed E-state index contributed by atoms with van der Waals surface area (Å²) in [6.07, 6.45) is 9.39. The molecule has 2 aliphatic rings. The van der Waals surface area contributed by atoms with Gasteiger partial charge in [-0.25, -0.2) is 4.98 Å². The third kappa shape index (κ3) is 3.85. The number of thiophene rings is 1. The molecule has 0 aliphatic heterocycles. The van der Waals surface area contributed by atoms with Gasteiger partial charge in [0.15, 0.2) is 5.16 Å². The van der Waals surface area contributed by atoms with Gasteiger partial charge in [0.05, 0.1) is 10.6 Å². The number of carbonyl (C=O) groups is 1. The number of rotatable bonds is 6. The Morgan fingerprint density at radius 1 is 1.41 bits per heavy atom. The van der Waals surface area contributed by atoms with Gasteiger partial charge >= 0.3 is 0 Å². The van der Waals surface area contributed by atoms with Crippen LogP contribution in [0.25, 0.3) is 10.2 Å². The van der Waals surface area contributed by atoms with Crippen molar-refractivity contribution in [2.24, 2.45) is 0 Å². The molecule has 4 rings (SSSR count). The summed E-state index contributed by atoms with van der Waals surface area (Å²) in [7, 11) is 0. The van der Waals surface area contributed by atoms with Crippen LogP contribution >= 0.6 is 23.1 Å². The maximum absolute atomic E-state index is 13.3. The van der Waals surface area contributed by atoms with Crippen molar-refractivity contribution in [1.82, 2.24) is 14.9 Å². The molecule has 2 aliphatic carbocycles. The Balaban J connectivity index is 1.73. The Morgan fingerprint density at radius 3 is 2.93 bits per heavy atom. The molecule has 5 nitrogen and oxygen atoms in total. The van der Waals surface area contributed by atoms with Gasteiger partial charge in [0, 0.05) is 17.5 Å². The third-order valence-corrected chi connectivity index (χ3v) is 7.45. The van der Waals surface area contributed by atoms with Crippen LogP contribution in [-0.2, 0) is 24.2 Å². The standard InChI is InChI=1S/C20H25N3O2S2/c1-3-11-23-19(25)16-14-7-5-4-6-8-15(14)27-18(16)22-20(23)26-12(2)17(24)21-13-9-10-13/h3,12-13H,1,4-11H2,2H3,(H,21,24)/t12-/m1/s1. The first-order chi connectivity index (χ1) is 13.1. The van der Waals surface area contributed by atoms with Crippen molar-refractivity contribution in [1.29, 1.82) is 0 Å². The van der Waals surface area contributed by atoms with Crippen LogP contribution in [0.2, 0.25) is 0 Å². The highest BCUT2D eigenvalue weighted by Crippen LogP contribution is 2.34. The van der Waals surface area contributed by atoms with Crippen molar-refractivity contribution in [3.63, 3.8) is 0 Å². The van der Waals surface area contributed by atoms with E-state index in [0.29, 0.717) is 17.7 Å². The maximum atomic E-state index is 13.3. The molecule has 2 aromatic rings. The molecule has 0 spiro atoms. The zero-order valence-electron chi connectivity index (χ0n) is 15.6. The molecule has 2 aromatic heterocycles. The second-order valence-corrected chi connectivity index (χ2v) is 9.78. The fraction of sp³-hybridized carbons (Fsp3) is 0.550. The van der Waals surface area contributed by atoms with E-state index in [1.807, 2.05) is 6.92 Å². The van der Waals surface area contributed by atoms with Crippen LogP contribution in [0.15, 0.2) is 22.6 Å². The van der Waals surface area contributed by atoms with E-state index < -0.39 is 0 Å². The number of fused-ring (bicyclic) bond motifs is 3. The number of carbonyl (C=O) groups excluding carboxylic acids is 1. The molecule has 2 heterocycles. The van der Waals surface area contributed by atoms with E-state index in [4.69, 9.17) is 4.98 Å². The zero-order chi connectivity index (χ0) is 19.0. The Morgan fingerprint density at radius 2 is 2.19 bits per heavy atom. The van der Waals surface area contributed by atoms with Gasteiger partial charge in [-0.15, -0.1) is 17.9 Å². The van der Waals surface area contributed by atoms with Crippen LogP contribution in [0.4, 0.5) is 0 Å². The van der Waals surface area contributed by atoms with E-state index in [-0.39, 0.29) is 16.7 Å². The first-order valence-corrected chi connectivity index (χ1v) is 11.4. The lowest BCUT2D eigenvalue weighted by Crippen LogP contribution is -2.33. The fourth-order valence-electron chi connectivity index (χ4n) is 3.53. The predicted molar refractivity (Wildman–Crippen MR) is 112 cm³/mol. The van der Waals surface area contributed by atoms with Gasteiger partial charge in [-0.05, 0) is 51.0 Å². The smallest absolute Gasteiger partial charge is 0.263 e. The summed E-state index contributed by atoms with van der Waals surface area (Å²) in [5, 5.41) is 4.15. The Bertz CT molecular complexity index is 943. The van der Waals surface area contributed by atoms with Crippen LogP contribution in [0.3, 0.4) is 0 Å². The molecule has 0 bridgehead atoms. The fourth-order valence-corrected chi connectivity index (χ4v) is 5.76. The summed E-state index contributed by atoms with van der Waals surface area (Å²) < 4.78 is 1.68. The third-order valence-electron chi connectivity index (χ3n) is 5.18. The molecule has 1 amide bonds. The number of nitrogens with zero attached hydrogens (tertiary/aromatic N) is 2. The number of allylic oxidation sites excluding steroid dienone is 1. The molecule has 144 valence electrons. The maximum Gasteiger partial charge on any atom is 0.263 e. The number of aryl methyl sites for hydroxylation is 2. The lowest BCUT2D eigenvalue weighted by atomic mass is 10.1. The first-order valence-electron chi connectivity index (χ1n) is 9.71. The van der Waals surface area contributed by atoms with Crippen LogP contribution in [0.1, 0.15) is 49.5 Å². The number of aromatic nitrogens is 2. The predicted octanol–water partition coefficient (Wildman–Crippen LogP) is 3.67. The van der Waals surface area contributed by atoms with Crippen LogP contribution in [-0.4, -0.2) is 26.8 Å². The second kappa shape index (κ2) is 7.80. The molecule has 0 unspecified atom stereocenters. The van der Waals surface area contributed by atoms with Crippen LogP contribution in [0.5, 0.6) is 0 Å². The summed E-state index contributed by atoms with van der Waals surface area (Å²) in [4.78, 5) is 32.6. The quantitative estimate of drug-likeness (QED) is 0.346. The number of hydrogen-bond acceptors (Lipinski definition) is 5. The van der Waals surface area contributed by atoms with Crippen molar-refractivity contribution < 1.29 is 4.79 Å².